The fourth-order valence-electron chi connectivity index (χ4n) is 1.03. The van der Waals surface area contributed by atoms with Crippen LogP contribution in [0.4, 0.5) is 5.69 Å². The molecule has 1 aromatic rings. The van der Waals surface area contributed by atoms with Gasteiger partial charge in [0.1, 0.15) is 5.02 Å². The van der Waals surface area contributed by atoms with Gasteiger partial charge in [-0.3, -0.25) is 10.1 Å². The molecule has 0 heterocycles. The maximum Gasteiger partial charge on any atom is 0.287 e. The molecule has 3 nitrogen and oxygen atoms in total. The summed E-state index contributed by atoms with van der Waals surface area (Å²) < 4.78 is 0. The molecule has 70 valence electrons. The molecule has 0 unspecified atom stereocenters. The molecular formula is C9H10ClNO2. The summed E-state index contributed by atoms with van der Waals surface area (Å²) in [6.07, 6.45) is 0. The number of halogens is 1. The van der Waals surface area contributed by atoms with E-state index in [1.54, 1.807) is 12.1 Å². The fraction of sp³-hybridized carbons (Fsp3) is 0.333. The van der Waals surface area contributed by atoms with Crippen molar-refractivity contribution >= 4 is 17.3 Å². The molecule has 0 bridgehead atoms. The third-order valence-corrected chi connectivity index (χ3v) is 2.14. The van der Waals surface area contributed by atoms with Crippen LogP contribution in [0, 0.1) is 10.1 Å². The monoisotopic (exact) mass is 199 g/mol. The first kappa shape index (κ1) is 9.99. The van der Waals surface area contributed by atoms with Gasteiger partial charge >= 0.3 is 0 Å². The number of nitro groups is 1. The summed E-state index contributed by atoms with van der Waals surface area (Å²) in [6, 6.07) is 4.82. The lowest BCUT2D eigenvalue weighted by Crippen LogP contribution is -1.92. The predicted octanol–water partition coefficient (Wildman–Crippen LogP) is 3.37. The van der Waals surface area contributed by atoms with Gasteiger partial charge in [-0.2, -0.15) is 0 Å². The second-order valence-electron chi connectivity index (χ2n) is 3.12. The Morgan fingerprint density at radius 3 is 2.46 bits per heavy atom. The van der Waals surface area contributed by atoms with Crippen LogP contribution in [-0.2, 0) is 0 Å². The zero-order valence-electron chi connectivity index (χ0n) is 7.45. The van der Waals surface area contributed by atoms with E-state index in [1.807, 2.05) is 13.8 Å². The predicted molar refractivity (Wildman–Crippen MR) is 52.2 cm³/mol. The Bertz CT molecular complexity index is 336. The SMILES string of the molecule is CC(C)c1ccc([N+](=O)[O-])c(Cl)c1. The minimum Gasteiger partial charge on any atom is -0.258 e. The van der Waals surface area contributed by atoms with Gasteiger partial charge in [0.25, 0.3) is 5.69 Å². The highest BCUT2D eigenvalue weighted by Gasteiger charge is 2.12. The van der Waals surface area contributed by atoms with Crippen molar-refractivity contribution in [1.82, 2.24) is 0 Å². The highest BCUT2D eigenvalue weighted by atomic mass is 35.5. The molecule has 0 radical (unpaired) electrons. The zero-order chi connectivity index (χ0) is 10.0. The molecule has 1 aromatic carbocycles. The summed E-state index contributed by atoms with van der Waals surface area (Å²) >= 11 is 5.73. The van der Waals surface area contributed by atoms with E-state index < -0.39 is 4.92 Å². The number of benzene rings is 1. The summed E-state index contributed by atoms with van der Waals surface area (Å²) in [5.74, 6) is 0.332. The Morgan fingerprint density at radius 2 is 2.08 bits per heavy atom. The van der Waals surface area contributed by atoms with E-state index >= 15 is 0 Å². The van der Waals surface area contributed by atoms with Crippen molar-refractivity contribution in [2.75, 3.05) is 0 Å². The number of hydrogen-bond donors (Lipinski definition) is 0. The standard InChI is InChI=1S/C9H10ClNO2/c1-6(2)7-3-4-9(11(12)13)8(10)5-7/h3-6H,1-2H3. The summed E-state index contributed by atoms with van der Waals surface area (Å²) in [5.41, 5.74) is 0.974. The Balaban J connectivity index is 3.13. The van der Waals surface area contributed by atoms with Crippen molar-refractivity contribution in [3.63, 3.8) is 0 Å². The van der Waals surface area contributed by atoms with Gasteiger partial charge in [0.05, 0.1) is 4.92 Å². The second kappa shape index (κ2) is 3.75. The molecule has 1 rings (SSSR count). The molecule has 13 heavy (non-hydrogen) atoms. The van der Waals surface area contributed by atoms with Crippen LogP contribution in [0.2, 0.25) is 5.02 Å². The van der Waals surface area contributed by atoms with Gasteiger partial charge in [-0.25, -0.2) is 0 Å². The van der Waals surface area contributed by atoms with E-state index in [-0.39, 0.29) is 10.7 Å². The van der Waals surface area contributed by atoms with Gasteiger partial charge in [-0.1, -0.05) is 31.5 Å². The van der Waals surface area contributed by atoms with E-state index in [4.69, 9.17) is 11.6 Å². The van der Waals surface area contributed by atoms with E-state index in [0.717, 1.165) is 5.56 Å². The first-order valence-corrected chi connectivity index (χ1v) is 4.34. The maximum absolute atomic E-state index is 10.4. The Labute approximate surface area is 81.5 Å². The smallest absolute Gasteiger partial charge is 0.258 e. The summed E-state index contributed by atoms with van der Waals surface area (Å²) in [6.45, 7) is 4.02. The van der Waals surface area contributed by atoms with Crippen molar-refractivity contribution in [2.24, 2.45) is 0 Å². The molecule has 4 heteroatoms. The highest BCUT2D eigenvalue weighted by molar-refractivity contribution is 6.32. The van der Waals surface area contributed by atoms with Gasteiger partial charge in [0.15, 0.2) is 0 Å². The topological polar surface area (TPSA) is 43.1 Å². The van der Waals surface area contributed by atoms with Gasteiger partial charge in [0.2, 0.25) is 0 Å². The summed E-state index contributed by atoms with van der Waals surface area (Å²) in [5, 5.41) is 10.6. The quantitative estimate of drug-likeness (QED) is 0.541. The van der Waals surface area contributed by atoms with Crippen molar-refractivity contribution in [1.29, 1.82) is 0 Å². The van der Waals surface area contributed by atoms with Crippen molar-refractivity contribution in [3.8, 4) is 0 Å². The molecule has 0 N–H and O–H groups in total. The molecule has 0 aliphatic rings. The average Bonchev–Trinajstić information content (AvgIpc) is 2.03. The fourth-order valence-corrected chi connectivity index (χ4v) is 1.29. The zero-order valence-corrected chi connectivity index (χ0v) is 8.21. The third-order valence-electron chi connectivity index (χ3n) is 1.84. The van der Waals surface area contributed by atoms with Crippen LogP contribution < -0.4 is 0 Å². The van der Waals surface area contributed by atoms with Gasteiger partial charge in [-0.15, -0.1) is 0 Å². The summed E-state index contributed by atoms with van der Waals surface area (Å²) in [7, 11) is 0. The molecule has 0 fully saturated rings. The average molecular weight is 200 g/mol. The first-order valence-electron chi connectivity index (χ1n) is 3.96. The Morgan fingerprint density at radius 1 is 1.46 bits per heavy atom. The molecule has 0 aliphatic heterocycles. The molecule has 0 atom stereocenters. The van der Waals surface area contributed by atoms with Gasteiger partial charge < -0.3 is 0 Å². The molecule has 0 spiro atoms. The maximum atomic E-state index is 10.4. The van der Waals surface area contributed by atoms with Crippen LogP contribution in [0.3, 0.4) is 0 Å². The first-order chi connectivity index (χ1) is 6.02. The lowest BCUT2D eigenvalue weighted by molar-refractivity contribution is -0.384. The number of nitrogens with zero attached hydrogens (tertiary/aromatic N) is 1. The molecule has 0 amide bonds. The number of nitro benzene ring substituents is 1. The summed E-state index contributed by atoms with van der Waals surface area (Å²) in [4.78, 5) is 9.94. The van der Waals surface area contributed by atoms with Crippen molar-refractivity contribution in [2.45, 2.75) is 19.8 Å². The number of hydrogen-bond acceptors (Lipinski definition) is 2. The van der Waals surface area contributed by atoms with Crippen molar-refractivity contribution < 1.29 is 4.92 Å². The normalized spacial score (nSPS) is 10.5. The van der Waals surface area contributed by atoms with E-state index in [1.165, 1.54) is 6.07 Å². The lowest BCUT2D eigenvalue weighted by Gasteiger charge is -2.04. The Hall–Kier alpha value is -1.09. The molecular weight excluding hydrogens is 190 g/mol. The number of rotatable bonds is 2. The Kier molecular flexibility index (Phi) is 2.88. The molecule has 0 aliphatic carbocycles. The van der Waals surface area contributed by atoms with Crippen LogP contribution in [0.25, 0.3) is 0 Å². The van der Waals surface area contributed by atoms with Gasteiger partial charge in [0, 0.05) is 6.07 Å². The molecule has 0 saturated heterocycles. The minimum atomic E-state index is -0.480. The van der Waals surface area contributed by atoms with Gasteiger partial charge in [-0.05, 0) is 17.5 Å². The van der Waals surface area contributed by atoms with Crippen LogP contribution >= 0.6 is 11.6 Å². The second-order valence-corrected chi connectivity index (χ2v) is 3.53. The third kappa shape index (κ3) is 2.18. The van der Waals surface area contributed by atoms with Crippen LogP contribution in [0.5, 0.6) is 0 Å². The van der Waals surface area contributed by atoms with Crippen LogP contribution in [0.15, 0.2) is 18.2 Å². The van der Waals surface area contributed by atoms with Crippen molar-refractivity contribution in [3.05, 3.63) is 38.9 Å². The van der Waals surface area contributed by atoms with E-state index in [0.29, 0.717) is 5.92 Å². The highest BCUT2D eigenvalue weighted by Crippen LogP contribution is 2.27. The lowest BCUT2D eigenvalue weighted by atomic mass is 10.0. The van der Waals surface area contributed by atoms with E-state index in [2.05, 4.69) is 0 Å². The molecule has 0 saturated carbocycles. The minimum absolute atomic E-state index is 0.0360. The largest absolute Gasteiger partial charge is 0.287 e. The van der Waals surface area contributed by atoms with Crippen LogP contribution in [-0.4, -0.2) is 4.92 Å². The van der Waals surface area contributed by atoms with Crippen LogP contribution in [0.1, 0.15) is 25.3 Å². The van der Waals surface area contributed by atoms with E-state index in [9.17, 15) is 10.1 Å². The molecule has 0 aromatic heterocycles.